The van der Waals surface area contributed by atoms with Crippen molar-refractivity contribution >= 4 is 12.1 Å². The number of rotatable bonds is 7. The van der Waals surface area contributed by atoms with Crippen LogP contribution in [-0.4, -0.2) is 115 Å². The fraction of sp³-hybridized carbons (Fsp3) is 0.889. The summed E-state index contributed by atoms with van der Waals surface area (Å²) >= 11 is 0. The van der Waals surface area contributed by atoms with Crippen molar-refractivity contribution in [1.29, 1.82) is 0 Å². The van der Waals surface area contributed by atoms with E-state index < -0.39 is 5.97 Å². The highest BCUT2D eigenvalue weighted by molar-refractivity contribution is 5.70. The number of carbonyl (C=O) groups is 2. The molecular formula is C18H32N4O4. The van der Waals surface area contributed by atoms with Crippen LogP contribution in [0.2, 0.25) is 0 Å². The van der Waals surface area contributed by atoms with Gasteiger partial charge in [0.2, 0.25) is 0 Å². The van der Waals surface area contributed by atoms with Gasteiger partial charge >= 0.3 is 12.1 Å². The summed E-state index contributed by atoms with van der Waals surface area (Å²) in [5.41, 5.74) is 0. The zero-order valence-electron chi connectivity index (χ0n) is 15.8. The van der Waals surface area contributed by atoms with E-state index in [9.17, 15) is 9.59 Å². The van der Waals surface area contributed by atoms with E-state index in [4.69, 9.17) is 9.84 Å². The number of likely N-dealkylation sites (tertiary alicyclic amines) is 1. The van der Waals surface area contributed by atoms with Crippen molar-refractivity contribution in [2.45, 2.75) is 25.9 Å². The summed E-state index contributed by atoms with van der Waals surface area (Å²) in [4.78, 5) is 31.6. The predicted octanol–water partition coefficient (Wildman–Crippen LogP) is 0.241. The summed E-state index contributed by atoms with van der Waals surface area (Å²) in [5.74, 6) is -0.188. The first kappa shape index (κ1) is 19.4. The Balaban J connectivity index is 1.38. The molecule has 0 saturated carbocycles. The molecule has 0 radical (unpaired) electrons. The smallest absolute Gasteiger partial charge is 0.410 e. The van der Waals surface area contributed by atoms with E-state index in [0.29, 0.717) is 12.5 Å². The lowest BCUT2D eigenvalue weighted by Crippen LogP contribution is -2.50. The quantitative estimate of drug-likeness (QED) is 0.690. The molecule has 3 heterocycles. The number of piperidine rings is 1. The minimum Gasteiger partial charge on any atom is -0.480 e. The van der Waals surface area contributed by atoms with Crippen LogP contribution in [0.5, 0.6) is 0 Å². The first-order valence-corrected chi connectivity index (χ1v) is 9.88. The number of nitrogens with zero attached hydrogens (tertiary/aromatic N) is 4. The van der Waals surface area contributed by atoms with Gasteiger partial charge in [-0.15, -0.1) is 0 Å². The Labute approximate surface area is 155 Å². The lowest BCUT2D eigenvalue weighted by Gasteiger charge is -2.34. The van der Waals surface area contributed by atoms with Gasteiger partial charge in [0.1, 0.15) is 6.10 Å². The number of carboxylic acid groups (broad SMARTS) is 1. The SMILES string of the molecule is CCN1CCC(CN2CC(CN3CCN(CC(=O)O)CC3)OC2=O)CC1. The van der Waals surface area contributed by atoms with Gasteiger partial charge < -0.3 is 19.6 Å². The van der Waals surface area contributed by atoms with Crippen LogP contribution in [0.15, 0.2) is 0 Å². The minimum atomic E-state index is -0.774. The third-order valence-corrected chi connectivity index (χ3v) is 5.87. The molecule has 8 nitrogen and oxygen atoms in total. The standard InChI is InChI=1S/C18H32N4O4/c1-2-19-5-3-15(4-6-19)11-22-13-16(26-18(22)25)12-20-7-9-21(10-8-20)14-17(23)24/h15-16H,2-14H2,1H3,(H,23,24). The zero-order chi connectivity index (χ0) is 18.5. The normalized spacial score (nSPS) is 27.0. The van der Waals surface area contributed by atoms with Gasteiger partial charge in [-0.25, -0.2) is 4.79 Å². The lowest BCUT2D eigenvalue weighted by molar-refractivity contribution is -0.138. The molecule has 0 aliphatic carbocycles. The van der Waals surface area contributed by atoms with Crippen LogP contribution in [0.1, 0.15) is 19.8 Å². The van der Waals surface area contributed by atoms with E-state index in [1.807, 2.05) is 9.80 Å². The van der Waals surface area contributed by atoms with E-state index in [0.717, 1.165) is 71.7 Å². The zero-order valence-corrected chi connectivity index (χ0v) is 15.8. The molecule has 1 atom stereocenters. The van der Waals surface area contributed by atoms with Gasteiger partial charge in [-0.1, -0.05) is 6.92 Å². The lowest BCUT2D eigenvalue weighted by atomic mass is 9.96. The molecular weight excluding hydrogens is 336 g/mol. The topological polar surface area (TPSA) is 76.6 Å². The summed E-state index contributed by atoms with van der Waals surface area (Å²) in [6.45, 7) is 11.1. The average Bonchev–Trinajstić information content (AvgIpc) is 2.96. The first-order chi connectivity index (χ1) is 12.5. The molecule has 3 aliphatic heterocycles. The molecule has 3 rings (SSSR count). The Hall–Kier alpha value is -1.38. The Morgan fingerprint density at radius 3 is 2.31 bits per heavy atom. The van der Waals surface area contributed by atoms with E-state index in [1.54, 1.807) is 0 Å². The summed E-state index contributed by atoms with van der Waals surface area (Å²) in [6, 6.07) is 0. The van der Waals surface area contributed by atoms with Gasteiger partial charge in [-0.3, -0.25) is 14.6 Å². The molecule has 1 N–H and O–H groups in total. The number of cyclic esters (lactones) is 1. The predicted molar refractivity (Wildman–Crippen MR) is 97.2 cm³/mol. The summed E-state index contributed by atoms with van der Waals surface area (Å²) in [6.07, 6.45) is 2.09. The highest BCUT2D eigenvalue weighted by Gasteiger charge is 2.34. The second kappa shape index (κ2) is 9.01. The van der Waals surface area contributed by atoms with Gasteiger partial charge in [0, 0.05) is 39.3 Å². The average molecular weight is 368 g/mol. The van der Waals surface area contributed by atoms with Crippen molar-refractivity contribution in [3.8, 4) is 0 Å². The number of hydrogen-bond donors (Lipinski definition) is 1. The van der Waals surface area contributed by atoms with E-state index >= 15 is 0 Å². The minimum absolute atomic E-state index is 0.0655. The number of hydrogen-bond acceptors (Lipinski definition) is 6. The van der Waals surface area contributed by atoms with E-state index in [1.165, 1.54) is 0 Å². The molecule has 0 aromatic carbocycles. The number of carboxylic acids is 1. The van der Waals surface area contributed by atoms with Crippen LogP contribution in [0.25, 0.3) is 0 Å². The molecule has 0 aromatic rings. The number of ether oxygens (including phenoxy) is 1. The summed E-state index contributed by atoms with van der Waals surface area (Å²) in [5, 5.41) is 8.86. The molecule has 0 spiro atoms. The van der Waals surface area contributed by atoms with E-state index in [2.05, 4.69) is 16.7 Å². The Morgan fingerprint density at radius 2 is 1.69 bits per heavy atom. The van der Waals surface area contributed by atoms with Crippen molar-refractivity contribution in [1.82, 2.24) is 19.6 Å². The monoisotopic (exact) mass is 368 g/mol. The maximum absolute atomic E-state index is 12.2. The van der Waals surface area contributed by atoms with Crippen molar-refractivity contribution < 1.29 is 19.4 Å². The fourth-order valence-electron chi connectivity index (χ4n) is 4.22. The maximum atomic E-state index is 12.2. The van der Waals surface area contributed by atoms with Crippen molar-refractivity contribution in [3.63, 3.8) is 0 Å². The van der Waals surface area contributed by atoms with Crippen LogP contribution in [0.3, 0.4) is 0 Å². The van der Waals surface area contributed by atoms with Crippen LogP contribution >= 0.6 is 0 Å². The van der Waals surface area contributed by atoms with Crippen molar-refractivity contribution in [3.05, 3.63) is 0 Å². The number of aliphatic carboxylic acids is 1. The molecule has 1 amide bonds. The maximum Gasteiger partial charge on any atom is 0.410 e. The summed E-state index contributed by atoms with van der Waals surface area (Å²) in [7, 11) is 0. The number of amides is 1. The molecule has 26 heavy (non-hydrogen) atoms. The molecule has 1 unspecified atom stereocenters. The fourth-order valence-corrected chi connectivity index (χ4v) is 4.22. The summed E-state index contributed by atoms with van der Waals surface area (Å²) < 4.78 is 5.58. The molecule has 3 saturated heterocycles. The van der Waals surface area contributed by atoms with Crippen molar-refractivity contribution in [2.24, 2.45) is 5.92 Å². The van der Waals surface area contributed by atoms with Crippen LogP contribution in [-0.2, 0) is 9.53 Å². The van der Waals surface area contributed by atoms with Crippen molar-refractivity contribution in [2.75, 3.05) is 72.0 Å². The van der Waals surface area contributed by atoms with Crippen LogP contribution < -0.4 is 0 Å². The molecule has 3 fully saturated rings. The number of carbonyl (C=O) groups excluding carboxylic acids is 1. The van der Waals surface area contributed by atoms with Gasteiger partial charge in [-0.2, -0.15) is 0 Å². The van der Waals surface area contributed by atoms with Gasteiger partial charge in [0.15, 0.2) is 0 Å². The van der Waals surface area contributed by atoms with Crippen LogP contribution in [0, 0.1) is 5.92 Å². The van der Waals surface area contributed by atoms with E-state index in [-0.39, 0.29) is 18.7 Å². The number of piperazine rings is 1. The molecule has 8 heteroatoms. The molecule has 148 valence electrons. The van der Waals surface area contributed by atoms with Gasteiger partial charge in [0.25, 0.3) is 0 Å². The molecule has 0 bridgehead atoms. The Morgan fingerprint density at radius 1 is 1.04 bits per heavy atom. The molecule has 0 aromatic heterocycles. The third kappa shape index (κ3) is 5.31. The van der Waals surface area contributed by atoms with Gasteiger partial charge in [-0.05, 0) is 38.4 Å². The second-order valence-corrected chi connectivity index (χ2v) is 7.76. The molecule has 3 aliphatic rings. The highest BCUT2D eigenvalue weighted by Crippen LogP contribution is 2.21. The Bertz CT molecular complexity index is 488. The largest absolute Gasteiger partial charge is 0.480 e. The highest BCUT2D eigenvalue weighted by atomic mass is 16.6. The van der Waals surface area contributed by atoms with Crippen LogP contribution in [0.4, 0.5) is 4.79 Å². The second-order valence-electron chi connectivity index (χ2n) is 7.76. The Kier molecular flexibility index (Phi) is 6.72. The van der Waals surface area contributed by atoms with Gasteiger partial charge in [0.05, 0.1) is 13.1 Å². The first-order valence-electron chi connectivity index (χ1n) is 9.88. The third-order valence-electron chi connectivity index (χ3n) is 5.87.